The fourth-order valence-corrected chi connectivity index (χ4v) is 3.65. The molecule has 1 aromatic rings. The summed E-state index contributed by atoms with van der Waals surface area (Å²) in [4.78, 5) is 28.0. The van der Waals surface area contributed by atoms with Crippen molar-refractivity contribution in [3.63, 3.8) is 0 Å². The van der Waals surface area contributed by atoms with Crippen LogP contribution >= 0.6 is 0 Å². The molecule has 148 valence electrons. The monoisotopic (exact) mass is 374 g/mol. The fraction of sp³-hybridized carbons (Fsp3) is 0.600. The highest BCUT2D eigenvalue weighted by atomic mass is 16.6. The van der Waals surface area contributed by atoms with Crippen LogP contribution in [0.4, 0.5) is 16.2 Å². The molecule has 27 heavy (non-hydrogen) atoms. The van der Waals surface area contributed by atoms with E-state index in [0.29, 0.717) is 19.7 Å². The number of hydrogen-bond acceptors (Lipinski definition) is 5. The molecular formula is C20H30N4O3. The summed E-state index contributed by atoms with van der Waals surface area (Å²) >= 11 is 0. The van der Waals surface area contributed by atoms with Crippen LogP contribution in [0.1, 0.15) is 32.6 Å². The lowest BCUT2D eigenvalue weighted by Gasteiger charge is -2.31. The van der Waals surface area contributed by atoms with Gasteiger partial charge in [-0.25, -0.2) is 4.79 Å². The summed E-state index contributed by atoms with van der Waals surface area (Å²) < 4.78 is 5.01. The molecule has 2 fully saturated rings. The number of amides is 2. The first-order valence-corrected chi connectivity index (χ1v) is 9.95. The summed E-state index contributed by atoms with van der Waals surface area (Å²) in [6, 6.07) is 8.38. The molecule has 7 nitrogen and oxygen atoms in total. The molecule has 3 rings (SSSR count). The van der Waals surface area contributed by atoms with Crippen LogP contribution in [0.3, 0.4) is 0 Å². The topological polar surface area (TPSA) is 73.9 Å². The third-order valence-corrected chi connectivity index (χ3v) is 5.18. The van der Waals surface area contributed by atoms with Crippen molar-refractivity contribution in [3.05, 3.63) is 24.3 Å². The van der Waals surface area contributed by atoms with E-state index in [-0.39, 0.29) is 24.6 Å². The molecule has 2 heterocycles. The Morgan fingerprint density at radius 3 is 2.37 bits per heavy atom. The fourth-order valence-electron chi connectivity index (χ4n) is 3.65. The molecule has 2 saturated heterocycles. The zero-order valence-electron chi connectivity index (χ0n) is 16.1. The smallest absolute Gasteiger partial charge is 0.409 e. The molecule has 0 atom stereocenters. The Hall–Kier alpha value is -2.44. The van der Waals surface area contributed by atoms with Crippen LogP contribution in [0.25, 0.3) is 0 Å². The van der Waals surface area contributed by atoms with Crippen molar-refractivity contribution in [2.24, 2.45) is 0 Å². The zero-order valence-corrected chi connectivity index (χ0v) is 16.1. The average molecular weight is 374 g/mol. The van der Waals surface area contributed by atoms with Crippen LogP contribution in [0.5, 0.6) is 0 Å². The highest BCUT2D eigenvalue weighted by Gasteiger charge is 2.24. The van der Waals surface area contributed by atoms with Crippen molar-refractivity contribution in [2.75, 3.05) is 49.5 Å². The third-order valence-electron chi connectivity index (χ3n) is 5.18. The molecular weight excluding hydrogens is 344 g/mol. The van der Waals surface area contributed by atoms with Gasteiger partial charge in [-0.15, -0.1) is 0 Å². The number of nitrogens with one attached hydrogen (secondary N) is 2. The second-order valence-corrected chi connectivity index (χ2v) is 7.12. The van der Waals surface area contributed by atoms with E-state index in [2.05, 4.69) is 27.7 Å². The standard InChI is InChI=1S/C20H30N4O3/c1-2-27-20(26)24-13-9-17(10-14-24)22-19(25)15-21-16-5-7-18(8-6-16)23-11-3-4-12-23/h5-8,17,21H,2-4,9-15H2,1H3,(H,22,25). The minimum absolute atomic E-state index is 0.0202. The van der Waals surface area contributed by atoms with Gasteiger partial charge in [0.15, 0.2) is 0 Å². The van der Waals surface area contributed by atoms with Gasteiger partial charge < -0.3 is 25.2 Å². The van der Waals surface area contributed by atoms with Crippen molar-refractivity contribution < 1.29 is 14.3 Å². The first-order valence-electron chi connectivity index (χ1n) is 9.95. The van der Waals surface area contributed by atoms with Gasteiger partial charge in [0.25, 0.3) is 0 Å². The molecule has 0 aliphatic carbocycles. The average Bonchev–Trinajstić information content (AvgIpc) is 3.22. The minimum Gasteiger partial charge on any atom is -0.450 e. The lowest BCUT2D eigenvalue weighted by Crippen LogP contribution is -2.47. The van der Waals surface area contributed by atoms with E-state index in [1.807, 2.05) is 12.1 Å². The van der Waals surface area contributed by atoms with Crippen molar-refractivity contribution in [2.45, 2.75) is 38.6 Å². The summed E-state index contributed by atoms with van der Waals surface area (Å²) in [5.74, 6) is -0.0202. The first kappa shape index (κ1) is 19.3. The molecule has 1 aromatic carbocycles. The van der Waals surface area contributed by atoms with E-state index in [0.717, 1.165) is 31.6 Å². The van der Waals surface area contributed by atoms with Gasteiger partial charge in [-0.05, 0) is 56.9 Å². The van der Waals surface area contributed by atoms with Crippen LogP contribution in [0.15, 0.2) is 24.3 Å². The maximum absolute atomic E-state index is 12.2. The number of benzene rings is 1. The number of piperidine rings is 1. The van der Waals surface area contributed by atoms with Gasteiger partial charge in [-0.3, -0.25) is 4.79 Å². The Labute approximate surface area is 161 Å². The van der Waals surface area contributed by atoms with Crippen LogP contribution in [0, 0.1) is 0 Å². The van der Waals surface area contributed by atoms with E-state index in [4.69, 9.17) is 4.74 Å². The van der Waals surface area contributed by atoms with E-state index >= 15 is 0 Å². The Bertz CT molecular complexity index is 621. The lowest BCUT2D eigenvalue weighted by molar-refractivity contribution is -0.120. The van der Waals surface area contributed by atoms with Gasteiger partial charge in [-0.1, -0.05) is 0 Å². The molecule has 0 aromatic heterocycles. The number of hydrogen-bond donors (Lipinski definition) is 2. The Balaban J connectivity index is 1.37. The van der Waals surface area contributed by atoms with Gasteiger partial charge in [0.2, 0.25) is 5.91 Å². The Morgan fingerprint density at radius 2 is 1.74 bits per heavy atom. The van der Waals surface area contributed by atoms with Crippen molar-refractivity contribution in [3.8, 4) is 0 Å². The normalized spacial score (nSPS) is 17.7. The zero-order chi connectivity index (χ0) is 19.1. The van der Waals surface area contributed by atoms with Crippen molar-refractivity contribution >= 4 is 23.4 Å². The van der Waals surface area contributed by atoms with E-state index in [1.165, 1.54) is 18.5 Å². The van der Waals surface area contributed by atoms with Crippen LogP contribution in [-0.2, 0) is 9.53 Å². The van der Waals surface area contributed by atoms with Gasteiger partial charge >= 0.3 is 6.09 Å². The molecule has 0 spiro atoms. The molecule has 0 saturated carbocycles. The van der Waals surface area contributed by atoms with Crippen LogP contribution < -0.4 is 15.5 Å². The molecule has 7 heteroatoms. The number of carbonyl (C=O) groups excluding carboxylic acids is 2. The van der Waals surface area contributed by atoms with Gasteiger partial charge in [0, 0.05) is 43.6 Å². The molecule has 2 aliphatic heterocycles. The SMILES string of the molecule is CCOC(=O)N1CCC(NC(=O)CNc2ccc(N3CCCC3)cc2)CC1. The second kappa shape index (κ2) is 9.48. The maximum Gasteiger partial charge on any atom is 0.409 e. The van der Waals surface area contributed by atoms with Gasteiger partial charge in [-0.2, -0.15) is 0 Å². The third kappa shape index (κ3) is 5.52. The quantitative estimate of drug-likeness (QED) is 0.800. The van der Waals surface area contributed by atoms with Crippen LogP contribution in [-0.4, -0.2) is 62.3 Å². The maximum atomic E-state index is 12.2. The number of anilines is 2. The summed E-state index contributed by atoms with van der Waals surface area (Å²) in [5.41, 5.74) is 2.20. The summed E-state index contributed by atoms with van der Waals surface area (Å²) in [7, 11) is 0. The van der Waals surface area contributed by atoms with Gasteiger partial charge in [0.1, 0.15) is 0 Å². The highest BCUT2D eigenvalue weighted by molar-refractivity contribution is 5.81. The summed E-state index contributed by atoms with van der Waals surface area (Å²) in [6.07, 6.45) is 3.78. The molecule has 2 aliphatic rings. The lowest BCUT2D eigenvalue weighted by atomic mass is 10.1. The molecule has 2 N–H and O–H groups in total. The molecule has 0 radical (unpaired) electrons. The summed E-state index contributed by atoms with van der Waals surface area (Å²) in [6.45, 7) is 5.94. The number of likely N-dealkylation sites (tertiary alicyclic amines) is 1. The van der Waals surface area contributed by atoms with E-state index in [9.17, 15) is 9.59 Å². The molecule has 0 unspecified atom stereocenters. The first-order chi connectivity index (χ1) is 13.2. The summed E-state index contributed by atoms with van der Waals surface area (Å²) in [5, 5.41) is 6.23. The number of ether oxygens (including phenoxy) is 1. The Morgan fingerprint density at radius 1 is 1.07 bits per heavy atom. The number of carbonyl (C=O) groups is 2. The Kier molecular flexibility index (Phi) is 6.79. The van der Waals surface area contributed by atoms with E-state index in [1.54, 1.807) is 11.8 Å². The van der Waals surface area contributed by atoms with E-state index < -0.39 is 0 Å². The van der Waals surface area contributed by atoms with Crippen molar-refractivity contribution in [1.29, 1.82) is 0 Å². The highest BCUT2D eigenvalue weighted by Crippen LogP contribution is 2.22. The molecule has 0 bridgehead atoms. The van der Waals surface area contributed by atoms with Crippen molar-refractivity contribution in [1.82, 2.24) is 10.2 Å². The van der Waals surface area contributed by atoms with Crippen LogP contribution in [0.2, 0.25) is 0 Å². The molecule has 2 amide bonds. The predicted octanol–water partition coefficient (Wildman–Crippen LogP) is 2.44. The second-order valence-electron chi connectivity index (χ2n) is 7.12. The number of nitrogens with zero attached hydrogens (tertiary/aromatic N) is 2. The number of rotatable bonds is 6. The minimum atomic E-state index is -0.263. The van der Waals surface area contributed by atoms with Gasteiger partial charge in [0.05, 0.1) is 13.2 Å². The predicted molar refractivity (Wildman–Crippen MR) is 106 cm³/mol. The largest absolute Gasteiger partial charge is 0.450 e.